The SMILES string of the molecule is O=C(O)Cc1ccccc1CN(CCO)C1CCCC1. The molecule has 0 spiro atoms. The number of aliphatic carboxylic acids is 1. The van der Waals surface area contributed by atoms with Crippen molar-refractivity contribution in [2.45, 2.75) is 44.7 Å². The number of carboxylic acids is 1. The Morgan fingerprint density at radius 2 is 1.85 bits per heavy atom. The van der Waals surface area contributed by atoms with Crippen LogP contribution in [0.4, 0.5) is 0 Å². The number of nitrogens with zero attached hydrogens (tertiary/aromatic N) is 1. The topological polar surface area (TPSA) is 60.8 Å². The van der Waals surface area contributed by atoms with Crippen LogP contribution in [0.2, 0.25) is 0 Å². The van der Waals surface area contributed by atoms with Crippen LogP contribution >= 0.6 is 0 Å². The van der Waals surface area contributed by atoms with Crippen molar-refractivity contribution in [2.75, 3.05) is 13.2 Å². The van der Waals surface area contributed by atoms with Crippen LogP contribution in [0.1, 0.15) is 36.8 Å². The van der Waals surface area contributed by atoms with Gasteiger partial charge in [0.05, 0.1) is 13.0 Å². The molecule has 1 aromatic rings. The van der Waals surface area contributed by atoms with E-state index in [1.54, 1.807) is 0 Å². The van der Waals surface area contributed by atoms with Gasteiger partial charge in [0.2, 0.25) is 0 Å². The van der Waals surface area contributed by atoms with Gasteiger partial charge in [0.25, 0.3) is 0 Å². The predicted molar refractivity (Wildman–Crippen MR) is 77.5 cm³/mol. The molecule has 4 heteroatoms. The average Bonchev–Trinajstić information content (AvgIpc) is 2.93. The molecule has 1 aliphatic rings. The Bertz CT molecular complexity index is 441. The molecule has 1 fully saturated rings. The van der Waals surface area contributed by atoms with E-state index in [1.807, 2.05) is 24.3 Å². The zero-order valence-electron chi connectivity index (χ0n) is 11.8. The van der Waals surface area contributed by atoms with Crippen LogP contribution in [0, 0.1) is 0 Å². The number of hydrogen-bond acceptors (Lipinski definition) is 3. The minimum absolute atomic E-state index is 0.0633. The molecule has 110 valence electrons. The standard InChI is InChI=1S/C16H23NO3/c18-10-9-17(15-7-3-4-8-15)12-14-6-2-1-5-13(14)11-16(19)20/h1-2,5-6,15,18H,3-4,7-12H2,(H,19,20). The number of benzene rings is 1. The van der Waals surface area contributed by atoms with Crippen molar-refractivity contribution >= 4 is 5.97 Å². The third kappa shape index (κ3) is 4.05. The molecule has 0 unspecified atom stereocenters. The Kier molecular flexibility index (Phi) is 5.56. The Hall–Kier alpha value is -1.39. The predicted octanol–water partition coefficient (Wildman–Crippen LogP) is 2.05. The third-order valence-corrected chi connectivity index (χ3v) is 4.06. The van der Waals surface area contributed by atoms with Gasteiger partial charge in [-0.25, -0.2) is 0 Å². The number of carbonyl (C=O) groups is 1. The molecule has 0 radical (unpaired) electrons. The summed E-state index contributed by atoms with van der Waals surface area (Å²) >= 11 is 0. The maximum atomic E-state index is 10.9. The van der Waals surface area contributed by atoms with Gasteiger partial charge >= 0.3 is 5.97 Å². The summed E-state index contributed by atoms with van der Waals surface area (Å²) in [5, 5.41) is 18.2. The van der Waals surface area contributed by atoms with Gasteiger partial charge in [-0.15, -0.1) is 0 Å². The van der Waals surface area contributed by atoms with Crippen LogP contribution in [0.15, 0.2) is 24.3 Å². The lowest BCUT2D eigenvalue weighted by Gasteiger charge is -2.28. The van der Waals surface area contributed by atoms with E-state index in [-0.39, 0.29) is 13.0 Å². The lowest BCUT2D eigenvalue weighted by Crippen LogP contribution is -2.35. The van der Waals surface area contributed by atoms with Crippen molar-refractivity contribution in [3.8, 4) is 0 Å². The number of rotatable bonds is 7. The lowest BCUT2D eigenvalue weighted by molar-refractivity contribution is -0.136. The molecule has 0 bridgehead atoms. The highest BCUT2D eigenvalue weighted by Gasteiger charge is 2.22. The molecular weight excluding hydrogens is 254 g/mol. The minimum Gasteiger partial charge on any atom is -0.481 e. The van der Waals surface area contributed by atoms with Gasteiger partial charge in [-0.2, -0.15) is 0 Å². The van der Waals surface area contributed by atoms with Gasteiger partial charge in [-0.3, -0.25) is 9.69 Å². The van der Waals surface area contributed by atoms with Gasteiger partial charge in [0.15, 0.2) is 0 Å². The largest absolute Gasteiger partial charge is 0.481 e. The first-order chi connectivity index (χ1) is 9.70. The van der Waals surface area contributed by atoms with Gasteiger partial charge in [0.1, 0.15) is 0 Å². The smallest absolute Gasteiger partial charge is 0.307 e. The summed E-state index contributed by atoms with van der Waals surface area (Å²) in [6.07, 6.45) is 4.93. The second-order valence-corrected chi connectivity index (χ2v) is 5.47. The molecule has 4 nitrogen and oxygen atoms in total. The van der Waals surface area contributed by atoms with Crippen LogP contribution in [0.5, 0.6) is 0 Å². The van der Waals surface area contributed by atoms with Gasteiger partial charge < -0.3 is 10.2 Å². The van der Waals surface area contributed by atoms with Crippen molar-refractivity contribution < 1.29 is 15.0 Å². The quantitative estimate of drug-likeness (QED) is 0.801. The van der Waals surface area contributed by atoms with E-state index in [4.69, 9.17) is 5.11 Å². The van der Waals surface area contributed by atoms with E-state index in [0.29, 0.717) is 12.6 Å². The second-order valence-electron chi connectivity index (χ2n) is 5.47. The van der Waals surface area contributed by atoms with Gasteiger partial charge in [-0.1, -0.05) is 37.1 Å². The van der Waals surface area contributed by atoms with Crippen molar-refractivity contribution in [1.29, 1.82) is 0 Å². The minimum atomic E-state index is -0.799. The Morgan fingerprint density at radius 1 is 1.20 bits per heavy atom. The zero-order valence-corrected chi connectivity index (χ0v) is 11.8. The number of aliphatic hydroxyl groups excluding tert-OH is 1. The van der Waals surface area contributed by atoms with E-state index in [9.17, 15) is 9.90 Å². The molecule has 0 aliphatic heterocycles. The molecular formula is C16H23NO3. The van der Waals surface area contributed by atoms with Gasteiger partial charge in [0, 0.05) is 19.1 Å². The summed E-state index contributed by atoms with van der Waals surface area (Å²) in [5.41, 5.74) is 1.94. The molecule has 1 saturated carbocycles. The average molecular weight is 277 g/mol. The maximum absolute atomic E-state index is 10.9. The fourth-order valence-electron chi connectivity index (χ4n) is 3.05. The second kappa shape index (κ2) is 7.41. The first kappa shape index (κ1) is 15.0. The summed E-state index contributed by atoms with van der Waals surface area (Å²) in [5.74, 6) is -0.799. The van der Waals surface area contributed by atoms with Crippen LogP contribution in [0.3, 0.4) is 0 Å². The van der Waals surface area contributed by atoms with E-state index in [2.05, 4.69) is 4.90 Å². The molecule has 1 aliphatic carbocycles. The number of hydrogen-bond donors (Lipinski definition) is 2. The molecule has 2 N–H and O–H groups in total. The van der Waals surface area contributed by atoms with Crippen LogP contribution in [0.25, 0.3) is 0 Å². The molecule has 0 heterocycles. The molecule has 2 rings (SSSR count). The Morgan fingerprint density at radius 3 is 2.45 bits per heavy atom. The summed E-state index contributed by atoms with van der Waals surface area (Å²) in [6.45, 7) is 1.54. The first-order valence-corrected chi connectivity index (χ1v) is 7.34. The summed E-state index contributed by atoms with van der Waals surface area (Å²) in [6, 6.07) is 8.24. The molecule has 1 aromatic carbocycles. The summed E-state index contributed by atoms with van der Waals surface area (Å²) in [7, 11) is 0. The number of aliphatic hydroxyl groups is 1. The third-order valence-electron chi connectivity index (χ3n) is 4.06. The molecule has 20 heavy (non-hydrogen) atoms. The van der Waals surface area contributed by atoms with E-state index < -0.39 is 5.97 Å². The fraction of sp³-hybridized carbons (Fsp3) is 0.562. The highest BCUT2D eigenvalue weighted by molar-refractivity contribution is 5.70. The zero-order chi connectivity index (χ0) is 14.4. The highest BCUT2D eigenvalue weighted by Crippen LogP contribution is 2.25. The molecule has 0 amide bonds. The van der Waals surface area contributed by atoms with Crippen molar-refractivity contribution in [3.05, 3.63) is 35.4 Å². The van der Waals surface area contributed by atoms with Crippen LogP contribution in [-0.4, -0.2) is 40.3 Å². The first-order valence-electron chi connectivity index (χ1n) is 7.34. The van der Waals surface area contributed by atoms with Gasteiger partial charge in [-0.05, 0) is 24.0 Å². The van der Waals surface area contributed by atoms with E-state index >= 15 is 0 Å². The summed E-state index contributed by atoms with van der Waals surface area (Å²) in [4.78, 5) is 13.2. The van der Waals surface area contributed by atoms with Crippen molar-refractivity contribution in [3.63, 3.8) is 0 Å². The van der Waals surface area contributed by atoms with Crippen LogP contribution in [-0.2, 0) is 17.8 Å². The van der Waals surface area contributed by atoms with E-state index in [1.165, 1.54) is 25.7 Å². The van der Waals surface area contributed by atoms with Crippen molar-refractivity contribution in [1.82, 2.24) is 4.90 Å². The Balaban J connectivity index is 2.10. The summed E-state index contributed by atoms with van der Waals surface area (Å²) < 4.78 is 0. The normalized spacial score (nSPS) is 15.9. The molecule has 0 saturated heterocycles. The van der Waals surface area contributed by atoms with Crippen molar-refractivity contribution in [2.24, 2.45) is 0 Å². The molecule has 0 aromatic heterocycles. The number of carboxylic acid groups (broad SMARTS) is 1. The monoisotopic (exact) mass is 277 g/mol. The Labute approximate surface area is 120 Å². The lowest BCUT2D eigenvalue weighted by atomic mass is 10.0. The van der Waals surface area contributed by atoms with E-state index in [0.717, 1.165) is 17.7 Å². The fourth-order valence-corrected chi connectivity index (χ4v) is 3.05. The highest BCUT2D eigenvalue weighted by atomic mass is 16.4. The maximum Gasteiger partial charge on any atom is 0.307 e. The van der Waals surface area contributed by atoms with Crippen LogP contribution < -0.4 is 0 Å². The molecule has 0 atom stereocenters.